The van der Waals surface area contributed by atoms with Gasteiger partial charge in [0.2, 0.25) is 0 Å². The molecule has 0 aliphatic carbocycles. The van der Waals surface area contributed by atoms with Crippen molar-refractivity contribution >= 4 is 44.8 Å². The van der Waals surface area contributed by atoms with Gasteiger partial charge in [-0.15, -0.1) is 11.3 Å². The number of nitrogens with zero attached hydrogens (tertiary/aromatic N) is 1. The molecule has 28 heavy (non-hydrogen) atoms. The zero-order valence-electron chi connectivity index (χ0n) is 14.9. The van der Waals surface area contributed by atoms with Gasteiger partial charge in [0.1, 0.15) is 10.8 Å². The molecule has 1 N–H and O–H groups in total. The Labute approximate surface area is 172 Å². The van der Waals surface area contributed by atoms with Crippen molar-refractivity contribution < 1.29 is 23.1 Å². The zero-order valence-corrected chi connectivity index (χ0v) is 17.3. The van der Waals surface area contributed by atoms with Gasteiger partial charge in [0, 0.05) is 27.8 Å². The van der Waals surface area contributed by atoms with E-state index in [0.29, 0.717) is 16.6 Å². The van der Waals surface area contributed by atoms with E-state index < -0.39 is 30.1 Å². The van der Waals surface area contributed by atoms with Gasteiger partial charge in [0.05, 0.1) is 11.3 Å². The van der Waals surface area contributed by atoms with Gasteiger partial charge in [-0.1, -0.05) is 0 Å². The average molecular weight is 469 g/mol. The van der Waals surface area contributed by atoms with Crippen LogP contribution in [0, 0.1) is 25.5 Å². The number of aryl methyl sites for hydroxylation is 1. The largest absolute Gasteiger partial charge is 0.452 e. The standard InChI is InChI=1S/C19H15BrF2N2O3S/c1-10-11(2)28-18(24-5-3-4-6-24)16(10)19(26)27-9-15(25)23-17-13(20)7-12(21)8-14(17)22/h3-8H,9H2,1-2H3,(H,23,25). The maximum atomic E-state index is 13.8. The summed E-state index contributed by atoms with van der Waals surface area (Å²) < 4.78 is 33.9. The van der Waals surface area contributed by atoms with Crippen LogP contribution in [0.25, 0.3) is 5.00 Å². The number of carbonyl (C=O) groups is 2. The molecule has 2 heterocycles. The lowest BCUT2D eigenvalue weighted by atomic mass is 10.1. The molecule has 5 nitrogen and oxygen atoms in total. The van der Waals surface area contributed by atoms with Gasteiger partial charge < -0.3 is 14.6 Å². The molecule has 0 atom stereocenters. The van der Waals surface area contributed by atoms with Crippen LogP contribution in [0.2, 0.25) is 0 Å². The van der Waals surface area contributed by atoms with E-state index in [1.54, 1.807) is 11.5 Å². The predicted molar refractivity (Wildman–Crippen MR) is 106 cm³/mol. The third-order valence-corrected chi connectivity index (χ3v) is 5.86. The van der Waals surface area contributed by atoms with Gasteiger partial charge >= 0.3 is 5.97 Å². The zero-order chi connectivity index (χ0) is 20.4. The number of benzene rings is 1. The van der Waals surface area contributed by atoms with Crippen LogP contribution in [-0.2, 0) is 9.53 Å². The number of thiophene rings is 1. The first-order valence-corrected chi connectivity index (χ1v) is 9.73. The first-order chi connectivity index (χ1) is 13.3. The summed E-state index contributed by atoms with van der Waals surface area (Å²) in [6.45, 7) is 3.09. The van der Waals surface area contributed by atoms with E-state index in [0.717, 1.165) is 16.5 Å². The van der Waals surface area contributed by atoms with Crippen LogP contribution in [0.15, 0.2) is 41.1 Å². The molecule has 1 amide bonds. The minimum Gasteiger partial charge on any atom is -0.452 e. The van der Waals surface area contributed by atoms with Crippen molar-refractivity contribution in [3.05, 3.63) is 68.8 Å². The average Bonchev–Trinajstić information content (AvgIpc) is 3.25. The Morgan fingerprint density at radius 3 is 2.54 bits per heavy atom. The van der Waals surface area contributed by atoms with Gasteiger partial charge in [0.15, 0.2) is 12.4 Å². The number of hydrogen-bond donors (Lipinski definition) is 1. The van der Waals surface area contributed by atoms with E-state index in [9.17, 15) is 18.4 Å². The molecule has 0 aliphatic heterocycles. The number of esters is 1. The lowest BCUT2D eigenvalue weighted by molar-refractivity contribution is -0.119. The van der Waals surface area contributed by atoms with Crippen LogP contribution in [-0.4, -0.2) is 23.1 Å². The summed E-state index contributed by atoms with van der Waals surface area (Å²) >= 11 is 4.42. The number of anilines is 1. The molecule has 0 fully saturated rings. The smallest absolute Gasteiger partial charge is 0.341 e. The third kappa shape index (κ3) is 4.15. The second-order valence-corrected chi connectivity index (χ2v) is 7.98. The van der Waals surface area contributed by atoms with Crippen molar-refractivity contribution in [2.75, 3.05) is 11.9 Å². The van der Waals surface area contributed by atoms with E-state index in [-0.39, 0.29) is 10.2 Å². The van der Waals surface area contributed by atoms with Crippen molar-refractivity contribution in [3.63, 3.8) is 0 Å². The van der Waals surface area contributed by atoms with Crippen molar-refractivity contribution in [1.29, 1.82) is 0 Å². The van der Waals surface area contributed by atoms with Crippen LogP contribution in [0.1, 0.15) is 20.8 Å². The van der Waals surface area contributed by atoms with E-state index in [4.69, 9.17) is 4.74 Å². The highest BCUT2D eigenvalue weighted by Gasteiger charge is 2.23. The molecule has 0 spiro atoms. The number of aromatic nitrogens is 1. The molecule has 0 radical (unpaired) electrons. The fourth-order valence-electron chi connectivity index (χ4n) is 2.54. The minimum absolute atomic E-state index is 0.0453. The predicted octanol–water partition coefficient (Wildman–Crippen LogP) is 4.99. The van der Waals surface area contributed by atoms with Gasteiger partial charge in [-0.05, 0) is 53.5 Å². The number of rotatable bonds is 5. The molecule has 0 bridgehead atoms. The van der Waals surface area contributed by atoms with Crippen LogP contribution >= 0.6 is 27.3 Å². The summed E-state index contributed by atoms with van der Waals surface area (Å²) in [6.07, 6.45) is 3.62. The summed E-state index contributed by atoms with van der Waals surface area (Å²) in [5.41, 5.74) is 0.921. The van der Waals surface area contributed by atoms with Crippen molar-refractivity contribution in [2.24, 2.45) is 0 Å². The first kappa shape index (κ1) is 20.2. The third-order valence-electron chi connectivity index (χ3n) is 4.02. The molecule has 3 aromatic rings. The lowest BCUT2D eigenvalue weighted by Gasteiger charge is -2.10. The molecule has 0 aliphatic rings. The monoisotopic (exact) mass is 468 g/mol. The van der Waals surface area contributed by atoms with E-state index >= 15 is 0 Å². The summed E-state index contributed by atoms with van der Waals surface area (Å²) in [5, 5.41) is 2.96. The van der Waals surface area contributed by atoms with Crippen molar-refractivity contribution in [3.8, 4) is 5.00 Å². The molecule has 9 heteroatoms. The first-order valence-electron chi connectivity index (χ1n) is 8.12. The number of amides is 1. The van der Waals surface area contributed by atoms with Crippen LogP contribution in [0.4, 0.5) is 14.5 Å². The van der Waals surface area contributed by atoms with Gasteiger partial charge in [-0.25, -0.2) is 13.6 Å². The molecule has 146 valence electrons. The minimum atomic E-state index is -0.939. The summed E-state index contributed by atoms with van der Waals surface area (Å²) in [4.78, 5) is 25.6. The van der Waals surface area contributed by atoms with Crippen LogP contribution in [0.3, 0.4) is 0 Å². The Kier molecular flexibility index (Phi) is 5.95. The van der Waals surface area contributed by atoms with Crippen LogP contribution in [0.5, 0.6) is 0 Å². The van der Waals surface area contributed by atoms with Crippen molar-refractivity contribution in [1.82, 2.24) is 4.57 Å². The second kappa shape index (κ2) is 8.24. The van der Waals surface area contributed by atoms with Crippen molar-refractivity contribution in [2.45, 2.75) is 13.8 Å². The fourth-order valence-corrected chi connectivity index (χ4v) is 4.16. The highest BCUT2D eigenvalue weighted by atomic mass is 79.9. The highest BCUT2D eigenvalue weighted by Crippen LogP contribution is 2.31. The van der Waals surface area contributed by atoms with Gasteiger partial charge in [-0.2, -0.15) is 0 Å². The normalized spacial score (nSPS) is 10.8. The molecule has 0 unspecified atom stereocenters. The molecule has 0 saturated carbocycles. The summed E-state index contributed by atoms with van der Waals surface area (Å²) in [5.74, 6) is -3.12. The Morgan fingerprint density at radius 1 is 1.21 bits per heavy atom. The molecular weight excluding hydrogens is 454 g/mol. The van der Waals surface area contributed by atoms with E-state index in [1.807, 2.05) is 31.5 Å². The number of hydrogen-bond acceptors (Lipinski definition) is 4. The second-order valence-electron chi connectivity index (χ2n) is 5.92. The maximum Gasteiger partial charge on any atom is 0.341 e. The Hall–Kier alpha value is -2.52. The SMILES string of the molecule is Cc1sc(-n2cccc2)c(C(=O)OCC(=O)Nc2c(F)cc(F)cc2Br)c1C. The summed E-state index contributed by atoms with van der Waals surface area (Å²) in [6, 6.07) is 5.34. The molecule has 2 aromatic heterocycles. The Morgan fingerprint density at radius 2 is 1.89 bits per heavy atom. The topological polar surface area (TPSA) is 60.3 Å². The molecule has 1 aromatic carbocycles. The fraction of sp³-hybridized carbons (Fsp3) is 0.158. The number of nitrogens with one attached hydrogen (secondary N) is 1. The molecule has 3 rings (SSSR count). The molecular formula is C19H15BrF2N2O3S. The number of ether oxygens (including phenoxy) is 1. The summed E-state index contributed by atoms with van der Waals surface area (Å²) in [7, 11) is 0. The van der Waals surface area contributed by atoms with Crippen LogP contribution < -0.4 is 5.32 Å². The van der Waals surface area contributed by atoms with Gasteiger partial charge in [-0.3, -0.25) is 4.79 Å². The lowest BCUT2D eigenvalue weighted by Crippen LogP contribution is -2.22. The number of carbonyl (C=O) groups excluding carboxylic acids is 2. The number of halogens is 3. The van der Waals surface area contributed by atoms with Gasteiger partial charge in [0.25, 0.3) is 5.91 Å². The Bertz CT molecular complexity index is 1020. The Balaban J connectivity index is 1.72. The molecule has 0 saturated heterocycles. The maximum absolute atomic E-state index is 13.8. The highest BCUT2D eigenvalue weighted by molar-refractivity contribution is 9.10. The van der Waals surface area contributed by atoms with E-state index in [2.05, 4.69) is 21.2 Å². The quantitative estimate of drug-likeness (QED) is 0.536. The van der Waals surface area contributed by atoms with E-state index in [1.165, 1.54) is 11.3 Å².